The highest BCUT2D eigenvalue weighted by molar-refractivity contribution is 9.08. The molecular formula is C8H5BrFNS. The zero-order chi connectivity index (χ0) is 8.55. The van der Waals surface area contributed by atoms with Crippen molar-refractivity contribution in [1.82, 2.24) is 4.98 Å². The Kier molecular flexibility index (Phi) is 2.11. The van der Waals surface area contributed by atoms with Crippen molar-refractivity contribution < 1.29 is 4.39 Å². The zero-order valence-corrected chi connectivity index (χ0v) is 8.45. The number of thiazole rings is 1. The van der Waals surface area contributed by atoms with Crippen LogP contribution >= 0.6 is 27.3 Å². The quantitative estimate of drug-likeness (QED) is 0.703. The van der Waals surface area contributed by atoms with Crippen LogP contribution in [0.1, 0.15) is 5.01 Å². The Morgan fingerprint density at radius 2 is 2.33 bits per heavy atom. The van der Waals surface area contributed by atoms with Gasteiger partial charge in [-0.1, -0.05) is 22.0 Å². The van der Waals surface area contributed by atoms with E-state index in [1.54, 1.807) is 6.07 Å². The molecule has 12 heavy (non-hydrogen) atoms. The molecule has 1 heterocycles. The van der Waals surface area contributed by atoms with E-state index in [2.05, 4.69) is 20.9 Å². The van der Waals surface area contributed by atoms with Crippen LogP contribution in [0.3, 0.4) is 0 Å². The third-order valence-electron chi connectivity index (χ3n) is 1.53. The van der Waals surface area contributed by atoms with E-state index in [0.29, 0.717) is 10.8 Å². The first kappa shape index (κ1) is 8.13. The number of aromatic nitrogens is 1. The van der Waals surface area contributed by atoms with Gasteiger partial charge in [0, 0.05) is 0 Å². The summed E-state index contributed by atoms with van der Waals surface area (Å²) in [5.41, 5.74) is 0.483. The Hall–Kier alpha value is -0.480. The molecule has 62 valence electrons. The lowest BCUT2D eigenvalue weighted by Gasteiger charge is -1.86. The number of halogens is 2. The van der Waals surface area contributed by atoms with Crippen molar-refractivity contribution in [3.63, 3.8) is 0 Å². The highest BCUT2D eigenvalue weighted by Gasteiger charge is 2.05. The molecule has 0 aliphatic heterocycles. The van der Waals surface area contributed by atoms with Crippen LogP contribution in [-0.4, -0.2) is 4.98 Å². The van der Waals surface area contributed by atoms with Crippen LogP contribution in [0, 0.1) is 5.82 Å². The van der Waals surface area contributed by atoms with E-state index in [1.165, 1.54) is 17.4 Å². The molecule has 0 saturated carbocycles. The molecule has 0 aliphatic rings. The van der Waals surface area contributed by atoms with Crippen molar-refractivity contribution in [2.45, 2.75) is 5.33 Å². The maximum absolute atomic E-state index is 13.1. The van der Waals surface area contributed by atoms with Gasteiger partial charge in [-0.2, -0.15) is 0 Å². The molecule has 1 aromatic heterocycles. The summed E-state index contributed by atoms with van der Waals surface area (Å²) in [6, 6.07) is 5.01. The van der Waals surface area contributed by atoms with Crippen molar-refractivity contribution in [2.75, 3.05) is 0 Å². The molecule has 2 aromatic rings. The van der Waals surface area contributed by atoms with Gasteiger partial charge in [0.2, 0.25) is 0 Å². The van der Waals surface area contributed by atoms with E-state index in [4.69, 9.17) is 0 Å². The summed E-state index contributed by atoms with van der Waals surface area (Å²) in [6.07, 6.45) is 0. The number of hydrogen-bond acceptors (Lipinski definition) is 2. The van der Waals surface area contributed by atoms with Crippen LogP contribution in [0.4, 0.5) is 4.39 Å². The van der Waals surface area contributed by atoms with Gasteiger partial charge in [-0.3, -0.25) is 0 Å². The molecule has 0 radical (unpaired) electrons. The van der Waals surface area contributed by atoms with E-state index in [9.17, 15) is 4.39 Å². The minimum Gasteiger partial charge on any atom is -0.237 e. The van der Waals surface area contributed by atoms with Gasteiger partial charge in [0.25, 0.3) is 0 Å². The summed E-state index contributed by atoms with van der Waals surface area (Å²) in [5, 5.41) is 1.60. The minimum atomic E-state index is -0.240. The first-order valence-corrected chi connectivity index (χ1v) is 5.35. The predicted octanol–water partition coefficient (Wildman–Crippen LogP) is 3.33. The molecule has 1 nitrogen and oxygen atoms in total. The third-order valence-corrected chi connectivity index (χ3v) is 3.45. The summed E-state index contributed by atoms with van der Waals surface area (Å²) < 4.78 is 14.0. The fraction of sp³-hybridized carbons (Fsp3) is 0.125. The summed E-state index contributed by atoms with van der Waals surface area (Å²) in [6.45, 7) is 0. The lowest BCUT2D eigenvalue weighted by atomic mass is 10.3. The molecule has 0 unspecified atom stereocenters. The van der Waals surface area contributed by atoms with Gasteiger partial charge in [-0.05, 0) is 12.1 Å². The monoisotopic (exact) mass is 245 g/mol. The molecule has 4 heteroatoms. The first-order valence-electron chi connectivity index (χ1n) is 3.41. The number of benzene rings is 1. The van der Waals surface area contributed by atoms with Crippen LogP contribution in [0.15, 0.2) is 18.2 Å². The van der Waals surface area contributed by atoms with Crippen LogP contribution < -0.4 is 0 Å². The molecule has 0 atom stereocenters. The van der Waals surface area contributed by atoms with Crippen molar-refractivity contribution in [2.24, 2.45) is 0 Å². The second-order valence-electron chi connectivity index (χ2n) is 2.33. The van der Waals surface area contributed by atoms with Crippen molar-refractivity contribution in [3.8, 4) is 0 Å². The van der Waals surface area contributed by atoms with Gasteiger partial charge in [0.05, 0.1) is 10.0 Å². The molecule has 0 amide bonds. The average Bonchev–Trinajstić information content (AvgIpc) is 2.49. The van der Waals surface area contributed by atoms with E-state index >= 15 is 0 Å². The minimum absolute atomic E-state index is 0.240. The maximum Gasteiger partial charge on any atom is 0.150 e. The van der Waals surface area contributed by atoms with Gasteiger partial charge < -0.3 is 0 Å². The number of alkyl halides is 1. The molecule has 0 aliphatic carbocycles. The standard InChI is InChI=1S/C8H5BrFNS/c9-4-7-11-8-5(10)2-1-3-6(8)12-7/h1-3H,4H2. The van der Waals surface area contributed by atoms with E-state index in [-0.39, 0.29) is 5.82 Å². The SMILES string of the molecule is Fc1cccc2sc(CBr)nc12. The summed E-state index contributed by atoms with van der Waals surface area (Å²) in [4.78, 5) is 4.13. The molecule has 0 bridgehead atoms. The largest absolute Gasteiger partial charge is 0.237 e. The Bertz CT molecular complexity index is 412. The molecule has 0 N–H and O–H groups in total. The lowest BCUT2D eigenvalue weighted by Crippen LogP contribution is -1.77. The maximum atomic E-state index is 13.1. The first-order chi connectivity index (χ1) is 5.81. The average molecular weight is 246 g/mol. The smallest absolute Gasteiger partial charge is 0.150 e. The van der Waals surface area contributed by atoms with Crippen LogP contribution in [0.2, 0.25) is 0 Å². The fourth-order valence-corrected chi connectivity index (χ4v) is 2.32. The number of fused-ring (bicyclic) bond motifs is 1. The highest BCUT2D eigenvalue weighted by Crippen LogP contribution is 2.25. The van der Waals surface area contributed by atoms with Crippen molar-refractivity contribution >= 4 is 37.5 Å². The number of para-hydroxylation sites is 1. The Balaban J connectivity index is 2.74. The molecule has 2 rings (SSSR count). The second kappa shape index (κ2) is 3.11. The van der Waals surface area contributed by atoms with Gasteiger partial charge >= 0.3 is 0 Å². The summed E-state index contributed by atoms with van der Waals surface area (Å²) in [5.74, 6) is -0.240. The van der Waals surface area contributed by atoms with Gasteiger partial charge in [-0.25, -0.2) is 9.37 Å². The Morgan fingerprint density at radius 1 is 1.50 bits per heavy atom. The normalized spacial score (nSPS) is 10.8. The van der Waals surface area contributed by atoms with Crippen LogP contribution in [-0.2, 0) is 5.33 Å². The Morgan fingerprint density at radius 3 is 3.00 bits per heavy atom. The van der Waals surface area contributed by atoms with Crippen LogP contribution in [0.25, 0.3) is 10.2 Å². The van der Waals surface area contributed by atoms with E-state index in [1.807, 2.05) is 6.07 Å². The predicted molar refractivity (Wildman–Crippen MR) is 52.2 cm³/mol. The molecule has 0 spiro atoms. The highest BCUT2D eigenvalue weighted by atomic mass is 79.9. The molecule has 1 aromatic carbocycles. The number of rotatable bonds is 1. The van der Waals surface area contributed by atoms with Gasteiger partial charge in [-0.15, -0.1) is 11.3 Å². The molecule has 0 fully saturated rings. The molecular weight excluding hydrogens is 241 g/mol. The fourth-order valence-electron chi connectivity index (χ4n) is 1.02. The second-order valence-corrected chi connectivity index (χ2v) is 4.00. The van der Waals surface area contributed by atoms with Gasteiger partial charge in [0.15, 0.2) is 0 Å². The van der Waals surface area contributed by atoms with Gasteiger partial charge in [0.1, 0.15) is 16.3 Å². The van der Waals surface area contributed by atoms with E-state index < -0.39 is 0 Å². The molecule has 0 saturated heterocycles. The summed E-state index contributed by atoms with van der Waals surface area (Å²) in [7, 11) is 0. The van der Waals surface area contributed by atoms with Crippen molar-refractivity contribution in [3.05, 3.63) is 29.0 Å². The zero-order valence-electron chi connectivity index (χ0n) is 6.05. The van der Waals surface area contributed by atoms with Crippen LogP contribution in [0.5, 0.6) is 0 Å². The topological polar surface area (TPSA) is 12.9 Å². The Labute approximate surface area is 81.4 Å². The van der Waals surface area contributed by atoms with E-state index in [0.717, 1.165) is 9.71 Å². The number of nitrogens with zero attached hydrogens (tertiary/aromatic N) is 1. The lowest BCUT2D eigenvalue weighted by molar-refractivity contribution is 0.637. The third kappa shape index (κ3) is 1.25. The van der Waals surface area contributed by atoms with Crippen molar-refractivity contribution in [1.29, 1.82) is 0 Å². The number of hydrogen-bond donors (Lipinski definition) is 0. The summed E-state index contributed by atoms with van der Waals surface area (Å²) >= 11 is 4.80.